The van der Waals surface area contributed by atoms with Crippen LogP contribution in [0, 0.1) is 16.7 Å². The Morgan fingerprint density at radius 3 is 2.76 bits per heavy atom. The number of carbonyl (C=O) groups is 1. The van der Waals surface area contributed by atoms with Gasteiger partial charge in [-0.3, -0.25) is 4.79 Å². The van der Waals surface area contributed by atoms with Crippen molar-refractivity contribution in [1.29, 1.82) is 0 Å². The number of sulfonamides is 1. The predicted octanol–water partition coefficient (Wildman–Crippen LogP) is 1.29. The van der Waals surface area contributed by atoms with Crippen molar-refractivity contribution in [3.05, 3.63) is 12.7 Å². The van der Waals surface area contributed by atoms with Crippen LogP contribution in [0.25, 0.3) is 0 Å². The third kappa shape index (κ3) is 1.72. The Balaban J connectivity index is 2.00. The third-order valence-corrected chi connectivity index (χ3v) is 8.22. The molecule has 0 aromatic rings. The van der Waals surface area contributed by atoms with Crippen molar-refractivity contribution in [2.24, 2.45) is 16.7 Å². The van der Waals surface area contributed by atoms with Gasteiger partial charge < -0.3 is 5.11 Å². The molecule has 118 valence electrons. The van der Waals surface area contributed by atoms with Gasteiger partial charge in [-0.25, -0.2) is 12.7 Å². The Morgan fingerprint density at radius 1 is 1.52 bits per heavy atom. The zero-order valence-corrected chi connectivity index (χ0v) is 13.4. The minimum Gasteiger partial charge on any atom is -0.383 e. The minimum absolute atomic E-state index is 0.0424. The highest BCUT2D eigenvalue weighted by molar-refractivity contribution is 7.90. The second-order valence-corrected chi connectivity index (χ2v) is 9.14. The summed E-state index contributed by atoms with van der Waals surface area (Å²) >= 11 is 0. The lowest BCUT2D eigenvalue weighted by Gasteiger charge is -2.37. The van der Waals surface area contributed by atoms with Gasteiger partial charge in [0.2, 0.25) is 10.0 Å². The number of carbonyl (C=O) groups excluding carboxylic acids is 1. The van der Waals surface area contributed by atoms with E-state index in [1.807, 2.05) is 0 Å². The number of nitrogens with zero attached hydrogens (tertiary/aromatic N) is 1. The quantitative estimate of drug-likeness (QED) is 0.797. The molecule has 3 rings (SSSR count). The highest BCUT2D eigenvalue weighted by atomic mass is 32.2. The van der Waals surface area contributed by atoms with Crippen molar-refractivity contribution >= 4 is 15.9 Å². The van der Waals surface area contributed by atoms with Gasteiger partial charge in [-0.15, -0.1) is 6.58 Å². The van der Waals surface area contributed by atoms with Crippen LogP contribution in [0.5, 0.6) is 0 Å². The van der Waals surface area contributed by atoms with Gasteiger partial charge in [0.15, 0.2) is 0 Å². The Bertz CT molecular complexity index is 597. The van der Waals surface area contributed by atoms with E-state index in [0.29, 0.717) is 5.92 Å². The summed E-state index contributed by atoms with van der Waals surface area (Å²) in [6.45, 7) is 7.76. The first-order valence-electron chi connectivity index (χ1n) is 7.52. The number of hydrogen-bond acceptors (Lipinski definition) is 4. The number of aliphatic hydroxyl groups excluding tert-OH is 1. The van der Waals surface area contributed by atoms with Crippen molar-refractivity contribution in [2.45, 2.75) is 51.7 Å². The van der Waals surface area contributed by atoms with Gasteiger partial charge in [-0.2, -0.15) is 0 Å². The van der Waals surface area contributed by atoms with Crippen LogP contribution in [0.3, 0.4) is 0 Å². The fraction of sp³-hybridized carbons (Fsp3) is 0.800. The van der Waals surface area contributed by atoms with Crippen LogP contribution in [0.15, 0.2) is 12.7 Å². The van der Waals surface area contributed by atoms with Gasteiger partial charge in [0.1, 0.15) is 6.10 Å². The lowest BCUT2D eigenvalue weighted by molar-refractivity contribution is -0.137. The summed E-state index contributed by atoms with van der Waals surface area (Å²) in [6.07, 6.45) is 2.84. The molecular formula is C15H23NO4S. The molecule has 1 N–H and O–H groups in total. The van der Waals surface area contributed by atoms with Gasteiger partial charge in [0.05, 0.1) is 11.8 Å². The van der Waals surface area contributed by atoms with E-state index in [1.165, 1.54) is 6.08 Å². The average molecular weight is 313 g/mol. The van der Waals surface area contributed by atoms with E-state index < -0.39 is 22.0 Å². The van der Waals surface area contributed by atoms with Crippen molar-refractivity contribution < 1.29 is 18.3 Å². The summed E-state index contributed by atoms with van der Waals surface area (Å²) in [4.78, 5) is 12.4. The number of rotatable bonds is 3. The van der Waals surface area contributed by atoms with E-state index in [1.54, 1.807) is 0 Å². The summed E-state index contributed by atoms with van der Waals surface area (Å²) in [5.74, 6) is -0.175. The summed E-state index contributed by atoms with van der Waals surface area (Å²) < 4.78 is 26.1. The van der Waals surface area contributed by atoms with Crippen LogP contribution < -0.4 is 0 Å². The van der Waals surface area contributed by atoms with Crippen molar-refractivity contribution in [3.63, 3.8) is 0 Å². The Hall–Kier alpha value is -0.880. The molecule has 1 saturated heterocycles. The first kappa shape index (κ1) is 15.0. The molecule has 0 unspecified atom stereocenters. The van der Waals surface area contributed by atoms with Crippen LogP contribution in [0.4, 0.5) is 0 Å². The number of hydrogen-bond donors (Lipinski definition) is 1. The zero-order valence-electron chi connectivity index (χ0n) is 12.6. The van der Waals surface area contributed by atoms with Crippen molar-refractivity contribution in [2.75, 3.05) is 5.75 Å². The summed E-state index contributed by atoms with van der Waals surface area (Å²) in [6, 6.07) is -0.275. The fourth-order valence-corrected chi connectivity index (χ4v) is 7.55. The van der Waals surface area contributed by atoms with Gasteiger partial charge >= 0.3 is 0 Å². The molecular weight excluding hydrogens is 290 g/mol. The first-order valence-corrected chi connectivity index (χ1v) is 9.13. The number of fused-ring (bicyclic) bond motifs is 1. The van der Waals surface area contributed by atoms with Crippen molar-refractivity contribution in [1.82, 2.24) is 4.31 Å². The Labute approximate surface area is 126 Å². The average Bonchev–Trinajstić information content (AvgIpc) is 2.85. The molecule has 3 aliphatic rings. The number of amides is 1. The molecule has 21 heavy (non-hydrogen) atoms. The molecule has 0 radical (unpaired) electrons. The molecule has 4 atom stereocenters. The van der Waals surface area contributed by atoms with Gasteiger partial charge in [-0.1, -0.05) is 19.9 Å². The third-order valence-electron chi connectivity index (χ3n) is 6.30. The molecule has 2 saturated carbocycles. The SMILES string of the molecule is C=CC[C@@H](O)C(=O)N1[C@@H]2C[C@H]3CC[C@]2(CS1(=O)=O)C3(C)C. The zero-order chi connectivity index (χ0) is 15.6. The second-order valence-electron chi connectivity index (χ2n) is 7.30. The molecule has 2 aliphatic carbocycles. The molecule has 0 aromatic heterocycles. The molecule has 0 aromatic carbocycles. The lowest BCUT2D eigenvalue weighted by atomic mass is 9.69. The normalized spacial score (nSPS) is 40.0. The van der Waals surface area contributed by atoms with Gasteiger partial charge in [0, 0.05) is 11.8 Å². The maximum absolute atomic E-state index is 12.6. The molecule has 5 nitrogen and oxygen atoms in total. The molecule has 3 fully saturated rings. The predicted molar refractivity (Wildman–Crippen MR) is 78.8 cm³/mol. The first-order chi connectivity index (χ1) is 9.67. The van der Waals surface area contributed by atoms with E-state index in [0.717, 1.165) is 23.6 Å². The Morgan fingerprint density at radius 2 is 2.19 bits per heavy atom. The largest absolute Gasteiger partial charge is 0.383 e. The van der Waals surface area contributed by atoms with Crippen LogP contribution in [0.1, 0.15) is 39.5 Å². The molecule has 1 spiro atoms. The van der Waals surface area contributed by atoms with Crippen LogP contribution >= 0.6 is 0 Å². The summed E-state index contributed by atoms with van der Waals surface area (Å²) in [5, 5.41) is 9.90. The second kappa shape index (κ2) is 4.32. The lowest BCUT2D eigenvalue weighted by Crippen LogP contribution is -2.47. The molecule has 1 heterocycles. The minimum atomic E-state index is -3.63. The van der Waals surface area contributed by atoms with E-state index in [-0.39, 0.29) is 29.0 Å². The topological polar surface area (TPSA) is 74.7 Å². The van der Waals surface area contributed by atoms with Gasteiger partial charge in [0.25, 0.3) is 5.91 Å². The fourth-order valence-electron chi connectivity index (χ4n) is 4.98. The van der Waals surface area contributed by atoms with Crippen LogP contribution in [-0.4, -0.2) is 41.6 Å². The standard InChI is InChI=1S/C15H23NO4S/c1-4-5-11(17)13(18)16-12-8-10-6-7-15(12,14(10,2)3)9-21(16,19)20/h4,10-12,17H,1,5-9H2,2-3H3/t10-,11-,12-,15-/m1/s1. The molecule has 1 aliphatic heterocycles. The summed E-state index contributed by atoms with van der Waals surface area (Å²) in [5.41, 5.74) is -0.400. The number of aliphatic hydroxyl groups is 1. The van der Waals surface area contributed by atoms with E-state index >= 15 is 0 Å². The maximum Gasteiger partial charge on any atom is 0.265 e. The molecule has 1 amide bonds. The van der Waals surface area contributed by atoms with Crippen molar-refractivity contribution in [3.8, 4) is 0 Å². The van der Waals surface area contributed by atoms with Crippen LogP contribution in [0.2, 0.25) is 0 Å². The summed E-state index contributed by atoms with van der Waals surface area (Å²) in [7, 11) is -3.63. The van der Waals surface area contributed by atoms with E-state index in [2.05, 4.69) is 20.4 Å². The molecule has 6 heteroatoms. The molecule has 2 bridgehead atoms. The monoisotopic (exact) mass is 313 g/mol. The maximum atomic E-state index is 12.6. The Kier molecular flexibility index (Phi) is 3.09. The van der Waals surface area contributed by atoms with Gasteiger partial charge in [-0.05, 0) is 30.6 Å². The smallest absolute Gasteiger partial charge is 0.265 e. The highest BCUT2D eigenvalue weighted by Gasteiger charge is 2.72. The highest BCUT2D eigenvalue weighted by Crippen LogP contribution is 2.69. The van der Waals surface area contributed by atoms with Crippen LogP contribution in [-0.2, 0) is 14.8 Å². The van der Waals surface area contributed by atoms with E-state index in [9.17, 15) is 18.3 Å². The van der Waals surface area contributed by atoms with E-state index in [4.69, 9.17) is 0 Å².